The van der Waals surface area contributed by atoms with E-state index in [9.17, 15) is 36.4 Å². The number of carbonyl (C=O) groups excluding carboxylic acids is 1. The van der Waals surface area contributed by atoms with Crippen LogP contribution in [0.4, 0.5) is 26.3 Å². The summed E-state index contributed by atoms with van der Waals surface area (Å²) in [7, 11) is 0. The summed E-state index contributed by atoms with van der Waals surface area (Å²) in [4.78, 5) is 18.1. The fraction of sp³-hybridized carbons (Fsp3) is 0.304. The fourth-order valence-electron chi connectivity index (χ4n) is 3.67. The Morgan fingerprint density at radius 2 is 1.92 bits per heavy atom. The minimum Gasteiger partial charge on any atom is -0.480 e. The van der Waals surface area contributed by atoms with E-state index in [1.165, 1.54) is 21.8 Å². The van der Waals surface area contributed by atoms with Gasteiger partial charge >= 0.3 is 12.4 Å². The molecule has 0 fully saturated rings. The van der Waals surface area contributed by atoms with Crippen LogP contribution in [0.1, 0.15) is 39.8 Å². The molecule has 1 atom stereocenters. The van der Waals surface area contributed by atoms with Crippen molar-refractivity contribution in [3.05, 3.63) is 69.8 Å². The zero-order valence-corrected chi connectivity index (χ0v) is 19.6. The molecule has 0 radical (unpaired) electrons. The molecule has 7 nitrogen and oxygen atoms in total. The van der Waals surface area contributed by atoms with E-state index in [1.807, 2.05) is 0 Å². The topological polar surface area (TPSA) is 84.0 Å². The van der Waals surface area contributed by atoms with Crippen molar-refractivity contribution in [2.75, 3.05) is 6.54 Å². The number of fused-ring (bicyclic) bond motifs is 1. The monoisotopic (exact) mass is 543 g/mol. The van der Waals surface area contributed by atoms with Gasteiger partial charge in [-0.15, -0.1) is 0 Å². The SMILES string of the molecule is C[C@H](Oc1ccc(C#N)c(Cl)c1C(=O)N1CCc2nn(-c3ccc(C(F)(F)F)nc3)cc2C1)C(F)(F)F. The molecule has 0 aliphatic carbocycles. The Morgan fingerprint density at radius 1 is 1.19 bits per heavy atom. The van der Waals surface area contributed by atoms with Crippen molar-refractivity contribution in [2.24, 2.45) is 0 Å². The predicted molar refractivity (Wildman–Crippen MR) is 117 cm³/mol. The highest BCUT2D eigenvalue weighted by atomic mass is 35.5. The van der Waals surface area contributed by atoms with Gasteiger partial charge in [0, 0.05) is 31.3 Å². The lowest BCUT2D eigenvalue weighted by atomic mass is 10.0. The molecule has 4 rings (SSSR count). The molecule has 0 unspecified atom stereocenters. The molecule has 1 aliphatic rings. The van der Waals surface area contributed by atoms with Crippen LogP contribution >= 0.6 is 11.6 Å². The first-order chi connectivity index (χ1) is 17.3. The second kappa shape index (κ2) is 9.59. The molecule has 1 amide bonds. The van der Waals surface area contributed by atoms with Gasteiger partial charge in [-0.25, -0.2) is 9.67 Å². The van der Waals surface area contributed by atoms with E-state index in [4.69, 9.17) is 16.3 Å². The van der Waals surface area contributed by atoms with Crippen LogP contribution in [0.5, 0.6) is 5.75 Å². The number of amides is 1. The van der Waals surface area contributed by atoms with Gasteiger partial charge in [0.05, 0.1) is 28.2 Å². The molecule has 1 aromatic carbocycles. The van der Waals surface area contributed by atoms with Gasteiger partial charge in [0.1, 0.15) is 23.1 Å². The maximum absolute atomic E-state index is 13.4. The minimum absolute atomic E-state index is 0.0103. The Morgan fingerprint density at radius 3 is 2.51 bits per heavy atom. The van der Waals surface area contributed by atoms with Crippen LogP contribution in [0.25, 0.3) is 5.69 Å². The van der Waals surface area contributed by atoms with Crippen LogP contribution in [0.3, 0.4) is 0 Å². The van der Waals surface area contributed by atoms with Crippen LogP contribution in [-0.2, 0) is 19.1 Å². The first-order valence-corrected chi connectivity index (χ1v) is 11.0. The first-order valence-electron chi connectivity index (χ1n) is 10.7. The number of nitriles is 1. The average Bonchev–Trinajstić information content (AvgIpc) is 3.26. The summed E-state index contributed by atoms with van der Waals surface area (Å²) < 4.78 is 83.9. The highest BCUT2D eigenvalue weighted by Crippen LogP contribution is 2.35. The smallest absolute Gasteiger partial charge is 0.433 e. The van der Waals surface area contributed by atoms with E-state index in [1.54, 1.807) is 6.07 Å². The summed E-state index contributed by atoms with van der Waals surface area (Å²) in [6.45, 7) is 0.886. The lowest BCUT2D eigenvalue weighted by Gasteiger charge is -2.28. The van der Waals surface area contributed by atoms with Gasteiger partial charge in [-0.2, -0.15) is 36.7 Å². The van der Waals surface area contributed by atoms with E-state index in [-0.39, 0.29) is 41.3 Å². The number of alkyl halides is 6. The normalized spacial score (nSPS) is 14.6. The summed E-state index contributed by atoms with van der Waals surface area (Å²) in [5.74, 6) is -1.17. The largest absolute Gasteiger partial charge is 0.480 e. The van der Waals surface area contributed by atoms with Crippen molar-refractivity contribution < 1.29 is 35.9 Å². The number of hydrogen-bond acceptors (Lipinski definition) is 5. The van der Waals surface area contributed by atoms with Gasteiger partial charge in [0.15, 0.2) is 6.10 Å². The number of hydrogen-bond donors (Lipinski definition) is 0. The Balaban J connectivity index is 1.61. The molecule has 37 heavy (non-hydrogen) atoms. The second-order valence-electron chi connectivity index (χ2n) is 8.14. The molecule has 194 valence electrons. The molecule has 3 heterocycles. The third kappa shape index (κ3) is 5.34. The van der Waals surface area contributed by atoms with Crippen LogP contribution in [0, 0.1) is 11.3 Å². The van der Waals surface area contributed by atoms with Gasteiger partial charge in [0.25, 0.3) is 5.91 Å². The van der Waals surface area contributed by atoms with Gasteiger partial charge in [-0.05, 0) is 31.2 Å². The van der Waals surface area contributed by atoms with Crippen LogP contribution in [0.2, 0.25) is 5.02 Å². The van der Waals surface area contributed by atoms with Crippen molar-refractivity contribution in [2.45, 2.75) is 38.3 Å². The third-order valence-electron chi connectivity index (χ3n) is 5.65. The Labute approximate surface area is 210 Å². The quantitative estimate of drug-likeness (QED) is 0.415. The molecular formula is C23H16ClF6N5O2. The van der Waals surface area contributed by atoms with Crippen molar-refractivity contribution in [3.8, 4) is 17.5 Å². The summed E-state index contributed by atoms with van der Waals surface area (Å²) >= 11 is 6.22. The van der Waals surface area contributed by atoms with E-state index in [0.29, 0.717) is 11.3 Å². The van der Waals surface area contributed by atoms with Crippen molar-refractivity contribution >= 4 is 17.5 Å². The number of pyridine rings is 1. The van der Waals surface area contributed by atoms with E-state index < -0.39 is 35.8 Å². The number of halogens is 7. The van der Waals surface area contributed by atoms with Gasteiger partial charge < -0.3 is 9.64 Å². The summed E-state index contributed by atoms with van der Waals surface area (Å²) in [5, 5.41) is 13.3. The number of benzene rings is 1. The molecule has 0 bridgehead atoms. The molecule has 3 aromatic rings. The molecule has 1 aliphatic heterocycles. The number of aromatic nitrogens is 3. The Bertz CT molecular complexity index is 1380. The predicted octanol–water partition coefficient (Wildman–Crippen LogP) is 5.34. The molecule has 0 saturated heterocycles. The maximum Gasteiger partial charge on any atom is 0.433 e. The number of ether oxygens (including phenoxy) is 1. The Hall–Kier alpha value is -3.79. The van der Waals surface area contributed by atoms with Crippen molar-refractivity contribution in [1.29, 1.82) is 5.26 Å². The standard InChI is InChI=1S/C23H16ClF6N5O2/c1-12(22(25,26)27)37-17-4-2-13(8-31)20(24)19(17)21(36)34-7-6-16-14(10-34)11-35(33-16)15-3-5-18(32-9-15)23(28,29)30/h2-5,9,11-12H,6-7,10H2,1H3/t12-/m0/s1. The van der Waals surface area contributed by atoms with Gasteiger partial charge in [0.2, 0.25) is 0 Å². The van der Waals surface area contributed by atoms with E-state index in [0.717, 1.165) is 31.3 Å². The zero-order valence-electron chi connectivity index (χ0n) is 18.9. The highest BCUT2D eigenvalue weighted by Gasteiger charge is 2.39. The van der Waals surface area contributed by atoms with Gasteiger partial charge in [-0.3, -0.25) is 4.79 Å². The first kappa shape index (κ1) is 26.3. The van der Waals surface area contributed by atoms with Crippen molar-refractivity contribution in [1.82, 2.24) is 19.7 Å². The lowest BCUT2D eigenvalue weighted by molar-refractivity contribution is -0.189. The van der Waals surface area contributed by atoms with Crippen LogP contribution in [0.15, 0.2) is 36.7 Å². The molecule has 2 aromatic heterocycles. The van der Waals surface area contributed by atoms with Crippen LogP contribution in [-0.4, -0.2) is 44.4 Å². The van der Waals surface area contributed by atoms with Crippen molar-refractivity contribution in [3.63, 3.8) is 0 Å². The van der Waals surface area contributed by atoms with E-state index in [2.05, 4.69) is 10.1 Å². The molecular weight excluding hydrogens is 528 g/mol. The molecule has 0 saturated carbocycles. The lowest BCUT2D eigenvalue weighted by Crippen LogP contribution is -2.37. The zero-order chi connectivity index (χ0) is 27.1. The van der Waals surface area contributed by atoms with Crippen LogP contribution < -0.4 is 4.74 Å². The minimum atomic E-state index is -4.71. The summed E-state index contributed by atoms with van der Waals surface area (Å²) in [6, 6.07) is 6.06. The number of carbonyl (C=O) groups is 1. The molecule has 14 heteroatoms. The van der Waals surface area contributed by atoms with E-state index >= 15 is 0 Å². The fourth-order valence-corrected chi connectivity index (χ4v) is 3.95. The number of nitrogens with zero attached hydrogens (tertiary/aromatic N) is 5. The summed E-state index contributed by atoms with van der Waals surface area (Å²) in [6.07, 6.45) is -8.74. The van der Waals surface area contributed by atoms with Gasteiger partial charge in [-0.1, -0.05) is 11.6 Å². The molecule has 0 spiro atoms. The average molecular weight is 544 g/mol. The second-order valence-corrected chi connectivity index (χ2v) is 8.51. The Kier molecular flexibility index (Phi) is 6.81. The maximum atomic E-state index is 13.4. The molecule has 0 N–H and O–H groups in total. The third-order valence-corrected chi connectivity index (χ3v) is 6.04. The summed E-state index contributed by atoms with van der Waals surface area (Å²) in [5.41, 5.74) is -0.126. The highest BCUT2D eigenvalue weighted by molar-refractivity contribution is 6.35. The number of rotatable bonds is 4.